The van der Waals surface area contributed by atoms with Gasteiger partial charge in [-0.2, -0.15) is 14.6 Å². The quantitative estimate of drug-likeness (QED) is 0.268. The van der Waals surface area contributed by atoms with E-state index in [0.29, 0.717) is 17.2 Å². The highest BCUT2D eigenvalue weighted by Gasteiger charge is 2.33. The third-order valence-electron chi connectivity index (χ3n) is 6.56. The number of aromatic hydroxyl groups is 1. The van der Waals surface area contributed by atoms with Crippen molar-refractivity contribution >= 4 is 9.84 Å². The molecule has 10 nitrogen and oxygen atoms in total. The fourth-order valence-electron chi connectivity index (χ4n) is 4.50. The van der Waals surface area contributed by atoms with Crippen LogP contribution in [0.15, 0.2) is 69.3 Å². The van der Waals surface area contributed by atoms with Crippen molar-refractivity contribution in [3.8, 4) is 23.1 Å². The summed E-state index contributed by atoms with van der Waals surface area (Å²) in [7, 11) is -3.47. The lowest BCUT2D eigenvalue weighted by Gasteiger charge is -2.25. The van der Waals surface area contributed by atoms with E-state index in [1.807, 2.05) is 6.07 Å². The van der Waals surface area contributed by atoms with E-state index in [1.165, 1.54) is 26.2 Å². The van der Waals surface area contributed by atoms with Gasteiger partial charge in [0.1, 0.15) is 18.2 Å². The molecule has 0 bridgehead atoms. The second-order valence-electron chi connectivity index (χ2n) is 9.12. The molecule has 1 N–H and O–H groups in total. The Kier molecular flexibility index (Phi) is 9.11. The van der Waals surface area contributed by atoms with Crippen LogP contribution in [0.4, 0.5) is 8.78 Å². The van der Waals surface area contributed by atoms with Crippen LogP contribution in [0.3, 0.4) is 0 Å². The fourth-order valence-corrected chi connectivity index (χ4v) is 5.86. The van der Waals surface area contributed by atoms with Gasteiger partial charge < -0.3 is 14.6 Å². The van der Waals surface area contributed by atoms with E-state index in [2.05, 4.69) is 9.97 Å². The summed E-state index contributed by atoms with van der Waals surface area (Å²) < 4.78 is 68.6. The third-order valence-corrected chi connectivity index (χ3v) is 8.33. The predicted molar refractivity (Wildman–Crippen MR) is 146 cm³/mol. The van der Waals surface area contributed by atoms with Crippen LogP contribution >= 0.6 is 0 Å². The summed E-state index contributed by atoms with van der Waals surface area (Å²) in [6.07, 6.45) is 1.15. The van der Waals surface area contributed by atoms with Crippen molar-refractivity contribution in [3.63, 3.8) is 0 Å². The minimum Gasteiger partial charge on any atom is -0.493 e. The summed E-state index contributed by atoms with van der Waals surface area (Å²) in [4.78, 5) is 18.8. The van der Waals surface area contributed by atoms with Gasteiger partial charge in [-0.1, -0.05) is 18.2 Å². The van der Waals surface area contributed by atoms with Crippen molar-refractivity contribution in [2.24, 2.45) is 0 Å². The highest BCUT2D eigenvalue weighted by molar-refractivity contribution is 7.91. The first-order valence-electron chi connectivity index (χ1n) is 12.6. The minimum atomic E-state index is -4.85. The first kappa shape index (κ1) is 30.4. The summed E-state index contributed by atoms with van der Waals surface area (Å²) in [6.45, 7) is 2.95. The highest BCUT2D eigenvalue weighted by atomic mass is 32.2. The zero-order chi connectivity index (χ0) is 30.6. The molecule has 0 spiro atoms. The third kappa shape index (κ3) is 5.78. The van der Waals surface area contributed by atoms with Crippen molar-refractivity contribution in [3.05, 3.63) is 99.4 Å². The molecular weight excluding hydrogens is 570 g/mol. The van der Waals surface area contributed by atoms with Crippen LogP contribution in [-0.2, 0) is 25.9 Å². The zero-order valence-corrected chi connectivity index (χ0v) is 23.7. The van der Waals surface area contributed by atoms with Gasteiger partial charge in [-0.05, 0) is 55.3 Å². The Morgan fingerprint density at radius 2 is 1.90 bits per heavy atom. The second-order valence-corrected chi connectivity index (χ2v) is 11.0. The SMILES string of the molecule is CCOCc1nc(=O)c(S(=O)(=O)c2ccc(-c3ccnc(F)c3C)c(F)c2)c(O)n1[C@@H](COC)c1cccc(C#N)c1. The molecule has 13 heteroatoms. The Balaban J connectivity index is 1.93. The number of halogens is 2. The van der Waals surface area contributed by atoms with Crippen molar-refractivity contribution in [2.75, 3.05) is 20.3 Å². The Labute approximate surface area is 240 Å². The van der Waals surface area contributed by atoms with Gasteiger partial charge in [0.05, 0.1) is 29.2 Å². The fraction of sp³-hybridized carbons (Fsp3) is 0.241. The largest absolute Gasteiger partial charge is 0.493 e. The molecule has 0 saturated heterocycles. The average molecular weight is 597 g/mol. The van der Waals surface area contributed by atoms with Gasteiger partial charge in [0, 0.05) is 31.0 Å². The number of ether oxygens (including phenoxy) is 2. The first-order chi connectivity index (χ1) is 20.0. The summed E-state index contributed by atoms with van der Waals surface area (Å²) in [5, 5.41) is 20.8. The van der Waals surface area contributed by atoms with Gasteiger partial charge in [-0.3, -0.25) is 9.36 Å². The molecule has 0 radical (unpaired) electrons. The van der Waals surface area contributed by atoms with Crippen LogP contribution in [0.5, 0.6) is 5.88 Å². The van der Waals surface area contributed by atoms with Gasteiger partial charge in [-0.25, -0.2) is 17.8 Å². The molecule has 42 heavy (non-hydrogen) atoms. The Morgan fingerprint density at radius 1 is 1.14 bits per heavy atom. The standard InChI is InChI=1S/C29H26F2N4O6S/c1-4-41-16-25-34-28(36)26(29(37)35(25)24(15-40-3)19-7-5-6-18(12-19)14-32)42(38,39)20-8-9-22(23(30)13-20)21-10-11-33-27(31)17(21)2/h5-13,24,37H,4,15-16H2,1-3H3/t24-/m0/s1. The molecule has 4 aromatic rings. The van der Waals surface area contributed by atoms with E-state index in [4.69, 9.17) is 9.47 Å². The molecule has 0 aliphatic heterocycles. The molecular formula is C29H26F2N4O6S. The molecule has 2 aromatic carbocycles. The Bertz CT molecular complexity index is 1850. The van der Waals surface area contributed by atoms with Gasteiger partial charge in [0.15, 0.2) is 4.90 Å². The Morgan fingerprint density at radius 3 is 2.57 bits per heavy atom. The van der Waals surface area contributed by atoms with E-state index in [9.17, 15) is 28.0 Å². The summed E-state index contributed by atoms with van der Waals surface area (Å²) >= 11 is 0. The molecule has 0 unspecified atom stereocenters. The average Bonchev–Trinajstić information content (AvgIpc) is 2.96. The molecule has 218 valence electrons. The van der Waals surface area contributed by atoms with Crippen molar-refractivity contribution < 1.29 is 31.8 Å². The lowest BCUT2D eigenvalue weighted by Crippen LogP contribution is -2.29. The van der Waals surface area contributed by atoms with Gasteiger partial charge >= 0.3 is 0 Å². The van der Waals surface area contributed by atoms with E-state index in [0.717, 1.165) is 22.9 Å². The summed E-state index contributed by atoms with van der Waals surface area (Å²) in [5.74, 6) is -2.88. The number of nitriles is 1. The van der Waals surface area contributed by atoms with E-state index in [1.54, 1.807) is 25.1 Å². The highest BCUT2D eigenvalue weighted by Crippen LogP contribution is 2.34. The number of hydrogen-bond donors (Lipinski definition) is 1. The maximum atomic E-state index is 15.3. The lowest BCUT2D eigenvalue weighted by atomic mass is 10.0. The molecule has 0 amide bonds. The monoisotopic (exact) mass is 596 g/mol. The summed E-state index contributed by atoms with van der Waals surface area (Å²) in [5.41, 5.74) is -0.396. The number of sulfone groups is 1. The minimum absolute atomic E-state index is 0.0614. The number of nitrogens with zero attached hydrogens (tertiary/aromatic N) is 4. The molecule has 4 rings (SSSR count). The topological polar surface area (TPSA) is 144 Å². The normalized spacial score (nSPS) is 12.2. The predicted octanol–water partition coefficient (Wildman–Crippen LogP) is 4.07. The van der Waals surface area contributed by atoms with Crippen LogP contribution in [0, 0.1) is 30.0 Å². The van der Waals surface area contributed by atoms with Gasteiger partial charge in [0.25, 0.3) is 5.56 Å². The zero-order valence-electron chi connectivity index (χ0n) is 22.8. The van der Waals surface area contributed by atoms with Crippen LogP contribution < -0.4 is 5.56 Å². The Hall–Kier alpha value is -4.51. The van der Waals surface area contributed by atoms with Crippen LogP contribution in [0.1, 0.15) is 35.5 Å². The first-order valence-corrected chi connectivity index (χ1v) is 14.1. The molecule has 0 saturated carbocycles. The number of aromatic nitrogens is 3. The number of methoxy groups -OCH3 is 1. The number of rotatable bonds is 10. The number of pyridine rings is 1. The molecule has 2 aromatic heterocycles. The van der Waals surface area contributed by atoms with E-state index >= 15 is 4.39 Å². The van der Waals surface area contributed by atoms with Crippen LogP contribution in [0.25, 0.3) is 11.1 Å². The molecule has 1 atom stereocenters. The van der Waals surface area contributed by atoms with Gasteiger partial charge in [0.2, 0.25) is 21.7 Å². The van der Waals surface area contributed by atoms with E-state index < -0.39 is 48.9 Å². The molecule has 0 aliphatic rings. The maximum Gasteiger partial charge on any atom is 0.296 e. The lowest BCUT2D eigenvalue weighted by molar-refractivity contribution is 0.114. The van der Waals surface area contributed by atoms with Gasteiger partial charge in [-0.15, -0.1) is 0 Å². The molecule has 2 heterocycles. The van der Waals surface area contributed by atoms with Crippen LogP contribution in [-0.4, -0.2) is 48.4 Å². The summed E-state index contributed by atoms with van der Waals surface area (Å²) in [6, 6.07) is 11.7. The van der Waals surface area contributed by atoms with Crippen molar-refractivity contribution in [1.29, 1.82) is 5.26 Å². The van der Waals surface area contributed by atoms with Crippen LogP contribution in [0.2, 0.25) is 0 Å². The number of hydrogen-bond acceptors (Lipinski definition) is 9. The van der Waals surface area contributed by atoms with Crippen molar-refractivity contribution in [1.82, 2.24) is 14.5 Å². The molecule has 0 aliphatic carbocycles. The van der Waals surface area contributed by atoms with Crippen molar-refractivity contribution in [2.45, 2.75) is 36.3 Å². The smallest absolute Gasteiger partial charge is 0.296 e. The number of benzene rings is 2. The molecule has 0 fully saturated rings. The second kappa shape index (κ2) is 12.6. The maximum absolute atomic E-state index is 15.3. The van der Waals surface area contributed by atoms with E-state index in [-0.39, 0.29) is 42.3 Å².